The van der Waals surface area contributed by atoms with Crippen molar-refractivity contribution in [1.82, 2.24) is 29.9 Å². The van der Waals surface area contributed by atoms with Gasteiger partial charge in [0, 0.05) is 56.4 Å². The summed E-state index contributed by atoms with van der Waals surface area (Å²) in [5.41, 5.74) is 3.64. The molecule has 1 atom stereocenters. The van der Waals surface area contributed by atoms with Crippen molar-refractivity contribution in [3.05, 3.63) is 47.5 Å². The molecule has 2 aliphatic heterocycles. The SMILES string of the molecule is Cc1c(CN2CCC(N3CCCC(C(=O)NCc4cccnc4)C3)CC2)cnn1C. The van der Waals surface area contributed by atoms with Crippen molar-refractivity contribution >= 4 is 5.91 Å². The van der Waals surface area contributed by atoms with E-state index < -0.39 is 0 Å². The number of rotatable bonds is 6. The fourth-order valence-electron chi connectivity index (χ4n) is 4.77. The summed E-state index contributed by atoms with van der Waals surface area (Å²) in [4.78, 5) is 22.0. The van der Waals surface area contributed by atoms with E-state index in [1.807, 2.05) is 36.3 Å². The summed E-state index contributed by atoms with van der Waals surface area (Å²) >= 11 is 0. The summed E-state index contributed by atoms with van der Waals surface area (Å²) in [5.74, 6) is 0.291. The largest absolute Gasteiger partial charge is 0.352 e. The molecule has 0 bridgehead atoms. The smallest absolute Gasteiger partial charge is 0.224 e. The molecule has 0 aliphatic carbocycles. The molecule has 4 rings (SSSR count). The van der Waals surface area contributed by atoms with E-state index in [1.165, 1.54) is 24.1 Å². The molecule has 7 nitrogen and oxygen atoms in total. The Balaban J connectivity index is 1.24. The highest BCUT2D eigenvalue weighted by atomic mass is 16.1. The van der Waals surface area contributed by atoms with E-state index in [1.54, 1.807) is 6.20 Å². The number of amides is 1. The van der Waals surface area contributed by atoms with Crippen molar-refractivity contribution in [3.63, 3.8) is 0 Å². The monoisotopic (exact) mass is 410 g/mol. The fourth-order valence-corrected chi connectivity index (χ4v) is 4.77. The van der Waals surface area contributed by atoms with E-state index >= 15 is 0 Å². The number of piperidine rings is 2. The van der Waals surface area contributed by atoms with Gasteiger partial charge in [0.05, 0.1) is 12.1 Å². The molecular weight excluding hydrogens is 376 g/mol. The number of hydrogen-bond donors (Lipinski definition) is 1. The minimum Gasteiger partial charge on any atom is -0.352 e. The van der Waals surface area contributed by atoms with E-state index in [0.29, 0.717) is 12.6 Å². The maximum atomic E-state index is 12.7. The molecule has 2 aliphatic rings. The summed E-state index contributed by atoms with van der Waals surface area (Å²) in [6, 6.07) is 4.51. The molecule has 2 fully saturated rings. The zero-order chi connectivity index (χ0) is 20.9. The first-order valence-electron chi connectivity index (χ1n) is 11.2. The van der Waals surface area contributed by atoms with E-state index in [2.05, 4.69) is 32.1 Å². The number of carbonyl (C=O) groups is 1. The lowest BCUT2D eigenvalue weighted by Gasteiger charge is -2.42. The van der Waals surface area contributed by atoms with Gasteiger partial charge in [-0.2, -0.15) is 5.10 Å². The molecule has 0 spiro atoms. The Hall–Kier alpha value is -2.25. The molecular formula is C23H34N6O. The predicted molar refractivity (Wildman–Crippen MR) is 117 cm³/mol. The second-order valence-electron chi connectivity index (χ2n) is 8.80. The quantitative estimate of drug-likeness (QED) is 0.790. The minimum atomic E-state index is 0.103. The molecule has 162 valence electrons. The number of hydrogen-bond acceptors (Lipinski definition) is 5. The van der Waals surface area contributed by atoms with Crippen LogP contribution in [0.25, 0.3) is 0 Å². The van der Waals surface area contributed by atoms with Gasteiger partial charge in [-0.15, -0.1) is 0 Å². The van der Waals surface area contributed by atoms with E-state index in [0.717, 1.165) is 51.1 Å². The van der Waals surface area contributed by atoms with E-state index in [9.17, 15) is 4.79 Å². The first-order valence-corrected chi connectivity index (χ1v) is 11.2. The van der Waals surface area contributed by atoms with Crippen molar-refractivity contribution < 1.29 is 4.79 Å². The van der Waals surface area contributed by atoms with Crippen LogP contribution in [0.5, 0.6) is 0 Å². The van der Waals surface area contributed by atoms with Gasteiger partial charge in [-0.1, -0.05) is 6.07 Å². The summed E-state index contributed by atoms with van der Waals surface area (Å²) < 4.78 is 1.95. The van der Waals surface area contributed by atoms with Gasteiger partial charge < -0.3 is 5.32 Å². The van der Waals surface area contributed by atoms with Crippen LogP contribution in [0.1, 0.15) is 42.5 Å². The number of nitrogens with zero attached hydrogens (tertiary/aromatic N) is 5. The van der Waals surface area contributed by atoms with Gasteiger partial charge in [0.2, 0.25) is 5.91 Å². The highest BCUT2D eigenvalue weighted by Crippen LogP contribution is 2.25. The average molecular weight is 411 g/mol. The summed E-state index contributed by atoms with van der Waals surface area (Å²) in [6.07, 6.45) is 10.0. The van der Waals surface area contributed by atoms with Crippen LogP contribution in [0, 0.1) is 12.8 Å². The van der Waals surface area contributed by atoms with Crippen LogP contribution in [0.15, 0.2) is 30.7 Å². The minimum absolute atomic E-state index is 0.103. The van der Waals surface area contributed by atoms with Gasteiger partial charge >= 0.3 is 0 Å². The van der Waals surface area contributed by atoms with Crippen molar-refractivity contribution in [2.75, 3.05) is 26.2 Å². The second kappa shape index (κ2) is 9.71. The van der Waals surface area contributed by atoms with Crippen LogP contribution < -0.4 is 5.32 Å². The first-order chi connectivity index (χ1) is 14.6. The Kier molecular flexibility index (Phi) is 6.79. The van der Waals surface area contributed by atoms with Crippen molar-refractivity contribution in [2.24, 2.45) is 13.0 Å². The highest BCUT2D eigenvalue weighted by molar-refractivity contribution is 5.78. The van der Waals surface area contributed by atoms with Gasteiger partial charge in [0.15, 0.2) is 0 Å². The molecule has 2 aromatic rings. The normalized spacial score (nSPS) is 21.6. The zero-order valence-electron chi connectivity index (χ0n) is 18.3. The average Bonchev–Trinajstić information content (AvgIpc) is 3.11. The van der Waals surface area contributed by atoms with Gasteiger partial charge in [-0.05, 0) is 63.9 Å². The third-order valence-electron chi connectivity index (χ3n) is 6.82. The Morgan fingerprint density at radius 2 is 2.03 bits per heavy atom. The van der Waals surface area contributed by atoms with Crippen molar-refractivity contribution in [2.45, 2.75) is 51.7 Å². The van der Waals surface area contributed by atoms with Crippen molar-refractivity contribution in [3.8, 4) is 0 Å². The maximum Gasteiger partial charge on any atom is 0.224 e. The number of aryl methyl sites for hydroxylation is 1. The van der Waals surface area contributed by atoms with Crippen LogP contribution in [0.4, 0.5) is 0 Å². The lowest BCUT2D eigenvalue weighted by molar-refractivity contribution is -0.127. The lowest BCUT2D eigenvalue weighted by atomic mass is 9.93. The van der Waals surface area contributed by atoms with Gasteiger partial charge in [0.25, 0.3) is 0 Å². The zero-order valence-corrected chi connectivity index (χ0v) is 18.3. The van der Waals surface area contributed by atoms with Crippen LogP contribution >= 0.6 is 0 Å². The molecule has 2 aromatic heterocycles. The Morgan fingerprint density at radius 1 is 1.20 bits per heavy atom. The number of aromatic nitrogens is 3. The molecule has 4 heterocycles. The van der Waals surface area contributed by atoms with Crippen LogP contribution in [0.2, 0.25) is 0 Å². The number of carbonyl (C=O) groups excluding carboxylic acids is 1. The van der Waals surface area contributed by atoms with E-state index in [4.69, 9.17) is 0 Å². The molecule has 7 heteroatoms. The molecule has 0 aromatic carbocycles. The van der Waals surface area contributed by atoms with Gasteiger partial charge in [0.1, 0.15) is 0 Å². The number of nitrogens with one attached hydrogen (secondary N) is 1. The molecule has 0 saturated carbocycles. The highest BCUT2D eigenvalue weighted by Gasteiger charge is 2.31. The standard InChI is InChI=1S/C23H34N6O/c1-18-21(15-26-27(18)2)16-28-11-7-22(8-12-28)29-10-4-6-20(17-29)23(30)25-14-19-5-3-9-24-13-19/h3,5,9,13,15,20,22H,4,6-8,10-12,14,16-17H2,1-2H3,(H,25,30). The summed E-state index contributed by atoms with van der Waals surface area (Å²) in [5, 5.41) is 7.48. The van der Waals surface area contributed by atoms with Gasteiger partial charge in [-0.3, -0.25) is 24.3 Å². The van der Waals surface area contributed by atoms with Crippen molar-refractivity contribution in [1.29, 1.82) is 0 Å². The summed E-state index contributed by atoms with van der Waals surface area (Å²) in [6.45, 7) is 7.95. The number of pyridine rings is 1. The lowest BCUT2D eigenvalue weighted by Crippen LogP contribution is -2.50. The topological polar surface area (TPSA) is 66.3 Å². The summed E-state index contributed by atoms with van der Waals surface area (Å²) in [7, 11) is 2.00. The molecule has 2 saturated heterocycles. The van der Waals surface area contributed by atoms with Crippen LogP contribution in [0.3, 0.4) is 0 Å². The molecule has 30 heavy (non-hydrogen) atoms. The van der Waals surface area contributed by atoms with Gasteiger partial charge in [-0.25, -0.2) is 0 Å². The second-order valence-corrected chi connectivity index (χ2v) is 8.80. The Bertz CT molecular complexity index is 827. The molecule has 1 amide bonds. The van der Waals surface area contributed by atoms with Crippen LogP contribution in [-0.4, -0.2) is 62.7 Å². The third-order valence-corrected chi connectivity index (χ3v) is 6.82. The Labute approximate surface area is 179 Å². The fraction of sp³-hybridized carbons (Fsp3) is 0.609. The maximum absolute atomic E-state index is 12.7. The first kappa shape index (κ1) is 21.0. The molecule has 1 unspecified atom stereocenters. The molecule has 1 N–H and O–H groups in total. The van der Waals surface area contributed by atoms with Crippen LogP contribution in [-0.2, 0) is 24.9 Å². The third kappa shape index (κ3) is 5.08. The predicted octanol–water partition coefficient (Wildman–Crippen LogP) is 2.12. The van der Waals surface area contributed by atoms with E-state index in [-0.39, 0.29) is 11.8 Å². The molecule has 0 radical (unpaired) electrons. The Morgan fingerprint density at radius 3 is 2.73 bits per heavy atom. The number of likely N-dealkylation sites (tertiary alicyclic amines) is 2.